The van der Waals surface area contributed by atoms with E-state index in [1.54, 1.807) is 41.4 Å². The molecule has 0 aliphatic rings. The Bertz CT molecular complexity index is 733. The average molecular weight is 296 g/mol. The zero-order valence-electron chi connectivity index (χ0n) is 12.4. The fourth-order valence-electron chi connectivity index (χ4n) is 2.20. The minimum atomic E-state index is -0.127. The largest absolute Gasteiger partial charge is 0.467 e. The van der Waals surface area contributed by atoms with Gasteiger partial charge in [-0.3, -0.25) is 4.79 Å². The van der Waals surface area contributed by atoms with Crippen LogP contribution in [0, 0.1) is 0 Å². The third-order valence-corrected chi connectivity index (χ3v) is 3.65. The standard InChI is InChI=1S/C16H16N4O2/c1-12(15-4-3-9-22-15)19(2)16(21)13-5-7-14(8-6-13)20-11-17-10-18-20/h3-12H,1-2H3. The third kappa shape index (κ3) is 2.63. The maximum atomic E-state index is 12.5. The van der Waals surface area contributed by atoms with Crippen LogP contribution in [-0.4, -0.2) is 32.6 Å². The minimum absolute atomic E-state index is 0.0611. The van der Waals surface area contributed by atoms with Gasteiger partial charge in [0.1, 0.15) is 18.4 Å². The molecule has 0 saturated carbocycles. The molecule has 1 atom stereocenters. The number of rotatable bonds is 4. The Hall–Kier alpha value is -2.89. The van der Waals surface area contributed by atoms with Gasteiger partial charge in [-0.2, -0.15) is 5.10 Å². The highest BCUT2D eigenvalue weighted by Gasteiger charge is 2.20. The van der Waals surface area contributed by atoms with Crippen molar-refractivity contribution in [1.82, 2.24) is 19.7 Å². The highest BCUT2D eigenvalue weighted by Crippen LogP contribution is 2.21. The lowest BCUT2D eigenvalue weighted by atomic mass is 10.1. The van der Waals surface area contributed by atoms with E-state index < -0.39 is 0 Å². The molecule has 0 fully saturated rings. The lowest BCUT2D eigenvalue weighted by Crippen LogP contribution is -2.29. The van der Waals surface area contributed by atoms with E-state index in [2.05, 4.69) is 10.1 Å². The Balaban J connectivity index is 1.77. The number of furan rings is 1. The van der Waals surface area contributed by atoms with Gasteiger partial charge in [0.25, 0.3) is 5.91 Å². The fraction of sp³-hybridized carbons (Fsp3) is 0.188. The molecule has 2 heterocycles. The monoisotopic (exact) mass is 296 g/mol. The van der Waals surface area contributed by atoms with Crippen LogP contribution in [0.2, 0.25) is 0 Å². The van der Waals surface area contributed by atoms with Crippen LogP contribution < -0.4 is 0 Å². The molecule has 6 nitrogen and oxygen atoms in total. The van der Waals surface area contributed by atoms with Crippen molar-refractivity contribution in [1.29, 1.82) is 0 Å². The molecule has 1 amide bonds. The SMILES string of the molecule is CC(c1ccco1)N(C)C(=O)c1ccc(-n2cncn2)cc1. The van der Waals surface area contributed by atoms with Gasteiger partial charge in [0, 0.05) is 12.6 Å². The molecule has 1 unspecified atom stereocenters. The Morgan fingerprint density at radius 2 is 2.05 bits per heavy atom. The molecule has 0 saturated heterocycles. The van der Waals surface area contributed by atoms with E-state index in [0.717, 1.165) is 11.4 Å². The van der Waals surface area contributed by atoms with E-state index in [0.29, 0.717) is 5.56 Å². The van der Waals surface area contributed by atoms with Gasteiger partial charge in [-0.15, -0.1) is 0 Å². The van der Waals surface area contributed by atoms with Gasteiger partial charge in [0.15, 0.2) is 0 Å². The van der Waals surface area contributed by atoms with Gasteiger partial charge in [-0.05, 0) is 43.3 Å². The van der Waals surface area contributed by atoms with Gasteiger partial charge in [0.05, 0.1) is 18.0 Å². The summed E-state index contributed by atoms with van der Waals surface area (Å²) in [6.45, 7) is 1.93. The van der Waals surface area contributed by atoms with Gasteiger partial charge >= 0.3 is 0 Å². The van der Waals surface area contributed by atoms with Crippen LogP contribution in [0.1, 0.15) is 29.1 Å². The minimum Gasteiger partial charge on any atom is -0.467 e. The van der Waals surface area contributed by atoms with Crippen LogP contribution in [0.25, 0.3) is 5.69 Å². The van der Waals surface area contributed by atoms with E-state index in [1.807, 2.05) is 31.2 Å². The second-order valence-corrected chi connectivity index (χ2v) is 4.99. The van der Waals surface area contributed by atoms with Crippen molar-refractivity contribution < 1.29 is 9.21 Å². The lowest BCUT2D eigenvalue weighted by Gasteiger charge is -2.23. The Morgan fingerprint density at radius 1 is 1.27 bits per heavy atom. The highest BCUT2D eigenvalue weighted by atomic mass is 16.3. The van der Waals surface area contributed by atoms with Gasteiger partial charge in [-0.1, -0.05) is 0 Å². The number of benzene rings is 1. The maximum Gasteiger partial charge on any atom is 0.254 e. The van der Waals surface area contributed by atoms with E-state index in [9.17, 15) is 4.79 Å². The van der Waals surface area contributed by atoms with Crippen molar-refractivity contribution in [2.45, 2.75) is 13.0 Å². The molecule has 0 bridgehead atoms. The first-order chi connectivity index (χ1) is 10.7. The summed E-state index contributed by atoms with van der Waals surface area (Å²) in [4.78, 5) is 18.1. The van der Waals surface area contributed by atoms with Crippen molar-refractivity contribution in [3.63, 3.8) is 0 Å². The first-order valence-corrected chi connectivity index (χ1v) is 6.92. The molecule has 3 rings (SSSR count). The average Bonchev–Trinajstić information content (AvgIpc) is 3.26. The smallest absolute Gasteiger partial charge is 0.254 e. The molecule has 22 heavy (non-hydrogen) atoms. The molecule has 1 aromatic carbocycles. The number of nitrogens with zero attached hydrogens (tertiary/aromatic N) is 4. The number of carbonyl (C=O) groups excluding carboxylic acids is 1. The summed E-state index contributed by atoms with van der Waals surface area (Å²) < 4.78 is 7.00. The van der Waals surface area contributed by atoms with E-state index in [-0.39, 0.29) is 11.9 Å². The third-order valence-electron chi connectivity index (χ3n) is 3.65. The van der Waals surface area contributed by atoms with Crippen LogP contribution >= 0.6 is 0 Å². The van der Waals surface area contributed by atoms with Crippen LogP contribution in [0.15, 0.2) is 59.7 Å². The zero-order chi connectivity index (χ0) is 15.5. The number of amides is 1. The number of carbonyl (C=O) groups is 1. The summed E-state index contributed by atoms with van der Waals surface area (Å²) in [6.07, 6.45) is 4.69. The summed E-state index contributed by atoms with van der Waals surface area (Å²) in [7, 11) is 1.76. The van der Waals surface area contributed by atoms with Crippen LogP contribution in [-0.2, 0) is 0 Å². The summed E-state index contributed by atoms with van der Waals surface area (Å²) >= 11 is 0. The summed E-state index contributed by atoms with van der Waals surface area (Å²) in [5, 5.41) is 4.06. The summed E-state index contributed by atoms with van der Waals surface area (Å²) in [5.74, 6) is 0.698. The fourth-order valence-corrected chi connectivity index (χ4v) is 2.20. The number of hydrogen-bond donors (Lipinski definition) is 0. The second kappa shape index (κ2) is 5.85. The molecule has 0 aliphatic carbocycles. The lowest BCUT2D eigenvalue weighted by molar-refractivity contribution is 0.0726. The van der Waals surface area contributed by atoms with E-state index in [1.165, 1.54) is 6.33 Å². The molecule has 6 heteroatoms. The topological polar surface area (TPSA) is 64.2 Å². The Morgan fingerprint density at radius 3 is 2.64 bits per heavy atom. The number of hydrogen-bond acceptors (Lipinski definition) is 4. The summed E-state index contributed by atoms with van der Waals surface area (Å²) in [6, 6.07) is 10.8. The zero-order valence-corrected chi connectivity index (χ0v) is 12.4. The van der Waals surface area contributed by atoms with Crippen molar-refractivity contribution in [2.75, 3.05) is 7.05 Å². The molecule has 0 aliphatic heterocycles. The van der Waals surface area contributed by atoms with Gasteiger partial charge in [0.2, 0.25) is 0 Å². The molecular formula is C16H16N4O2. The molecule has 0 N–H and O–H groups in total. The van der Waals surface area contributed by atoms with Crippen LogP contribution in [0.5, 0.6) is 0 Å². The number of aromatic nitrogens is 3. The molecular weight excluding hydrogens is 280 g/mol. The maximum absolute atomic E-state index is 12.5. The normalized spacial score (nSPS) is 12.1. The van der Waals surface area contributed by atoms with Gasteiger partial charge in [-0.25, -0.2) is 9.67 Å². The van der Waals surface area contributed by atoms with Gasteiger partial charge < -0.3 is 9.32 Å². The van der Waals surface area contributed by atoms with E-state index >= 15 is 0 Å². The van der Waals surface area contributed by atoms with Crippen molar-refractivity contribution in [3.05, 3.63) is 66.6 Å². The predicted molar refractivity (Wildman–Crippen MR) is 80.6 cm³/mol. The first kappa shape index (κ1) is 14.1. The van der Waals surface area contributed by atoms with Crippen LogP contribution in [0.3, 0.4) is 0 Å². The van der Waals surface area contributed by atoms with E-state index in [4.69, 9.17) is 4.42 Å². The van der Waals surface area contributed by atoms with Crippen molar-refractivity contribution in [3.8, 4) is 5.69 Å². The molecule has 112 valence electrons. The molecule has 0 radical (unpaired) electrons. The van der Waals surface area contributed by atoms with Crippen molar-refractivity contribution in [2.24, 2.45) is 0 Å². The Labute approximate surface area is 128 Å². The molecule has 3 aromatic rings. The Kier molecular flexibility index (Phi) is 3.74. The van der Waals surface area contributed by atoms with Crippen molar-refractivity contribution >= 4 is 5.91 Å². The first-order valence-electron chi connectivity index (χ1n) is 6.92. The molecule has 2 aromatic heterocycles. The highest BCUT2D eigenvalue weighted by molar-refractivity contribution is 5.94. The predicted octanol–water partition coefficient (Wildman–Crippen LogP) is 2.69. The van der Waals surface area contributed by atoms with Crippen LogP contribution in [0.4, 0.5) is 0 Å². The quantitative estimate of drug-likeness (QED) is 0.742. The second-order valence-electron chi connectivity index (χ2n) is 4.99. The summed E-state index contributed by atoms with van der Waals surface area (Å²) in [5.41, 5.74) is 1.47. The molecule has 0 spiro atoms.